The molecule has 2 amide bonds. The molecule has 228 valence electrons. The van der Waals surface area contributed by atoms with Crippen LogP contribution in [0, 0.1) is 6.92 Å². The molecule has 3 aromatic carbocycles. The third-order valence-electron chi connectivity index (χ3n) is 7.47. The Balaban J connectivity index is 1.31. The molecule has 1 aromatic heterocycles. The molecule has 0 saturated carbocycles. The lowest BCUT2D eigenvalue weighted by Gasteiger charge is -2.18. The summed E-state index contributed by atoms with van der Waals surface area (Å²) < 4.78 is 39.0. The summed E-state index contributed by atoms with van der Waals surface area (Å²) in [5, 5.41) is 0. The van der Waals surface area contributed by atoms with Crippen molar-refractivity contribution >= 4 is 21.7 Å². The average Bonchev–Trinajstić information content (AvgIpc) is 3.48. The monoisotopic (exact) mass is 613 g/mol. The van der Waals surface area contributed by atoms with E-state index in [0.717, 1.165) is 5.56 Å². The molecule has 9 nitrogen and oxygen atoms in total. The third-order valence-corrected chi connectivity index (χ3v) is 9.14. The van der Waals surface area contributed by atoms with Gasteiger partial charge in [-0.1, -0.05) is 35.9 Å². The van der Waals surface area contributed by atoms with Gasteiger partial charge in [-0.25, -0.2) is 8.42 Å². The van der Waals surface area contributed by atoms with Crippen LogP contribution in [0.25, 0.3) is 11.1 Å². The molecule has 1 saturated heterocycles. The fraction of sp³-hybridized carbons (Fsp3) is 0.265. The number of sulfone groups is 1. The van der Waals surface area contributed by atoms with Crippen LogP contribution in [0.3, 0.4) is 0 Å². The Morgan fingerprint density at radius 3 is 2.45 bits per heavy atom. The van der Waals surface area contributed by atoms with Crippen molar-refractivity contribution in [3.05, 3.63) is 107 Å². The van der Waals surface area contributed by atoms with Gasteiger partial charge in [-0.05, 0) is 60.5 Å². The lowest BCUT2D eigenvalue weighted by Crippen LogP contribution is -2.31. The summed E-state index contributed by atoms with van der Waals surface area (Å²) in [5.74, 6) is 0.151. The predicted molar refractivity (Wildman–Crippen MR) is 168 cm³/mol. The van der Waals surface area contributed by atoms with E-state index in [2.05, 4.69) is 4.98 Å². The maximum Gasteiger partial charge on any atom is 0.253 e. The number of rotatable bonds is 9. The Labute approximate surface area is 258 Å². The van der Waals surface area contributed by atoms with Gasteiger partial charge in [-0.2, -0.15) is 0 Å². The number of aromatic nitrogens is 1. The van der Waals surface area contributed by atoms with Gasteiger partial charge in [0.05, 0.1) is 25.1 Å². The minimum absolute atomic E-state index is 0.0241. The highest BCUT2D eigenvalue weighted by molar-refractivity contribution is 7.90. The van der Waals surface area contributed by atoms with Crippen molar-refractivity contribution in [2.24, 2.45) is 0 Å². The largest absolute Gasteiger partial charge is 0.495 e. The number of pyridine rings is 1. The van der Waals surface area contributed by atoms with Crippen LogP contribution in [-0.4, -0.2) is 75.4 Å². The smallest absolute Gasteiger partial charge is 0.253 e. The molecule has 10 heteroatoms. The Kier molecular flexibility index (Phi) is 9.01. The highest BCUT2D eigenvalue weighted by Crippen LogP contribution is 2.33. The molecule has 0 spiro atoms. The number of benzene rings is 3. The van der Waals surface area contributed by atoms with Crippen molar-refractivity contribution in [2.45, 2.75) is 30.1 Å². The Bertz CT molecular complexity index is 1800. The van der Waals surface area contributed by atoms with Gasteiger partial charge in [0.2, 0.25) is 0 Å². The highest BCUT2D eigenvalue weighted by Gasteiger charge is 2.29. The number of carbonyl (C=O) groups is 2. The third kappa shape index (κ3) is 6.92. The van der Waals surface area contributed by atoms with Crippen molar-refractivity contribution < 1.29 is 27.5 Å². The van der Waals surface area contributed by atoms with E-state index < -0.39 is 9.84 Å². The van der Waals surface area contributed by atoms with Gasteiger partial charge in [0, 0.05) is 50.5 Å². The highest BCUT2D eigenvalue weighted by atomic mass is 32.2. The number of hydrogen-bond donors (Lipinski definition) is 0. The number of aryl methyl sites for hydroxylation is 1. The first-order valence-corrected chi connectivity index (χ1v) is 15.9. The molecule has 4 aromatic rings. The maximum atomic E-state index is 13.7. The Morgan fingerprint density at radius 1 is 0.955 bits per heavy atom. The molecule has 1 unspecified atom stereocenters. The summed E-state index contributed by atoms with van der Waals surface area (Å²) in [4.78, 5) is 33.0. The van der Waals surface area contributed by atoms with Crippen LogP contribution in [0.2, 0.25) is 0 Å². The van der Waals surface area contributed by atoms with E-state index in [0.29, 0.717) is 53.2 Å². The lowest BCUT2D eigenvalue weighted by molar-refractivity contribution is 0.0771. The van der Waals surface area contributed by atoms with E-state index in [9.17, 15) is 18.0 Å². The van der Waals surface area contributed by atoms with Gasteiger partial charge in [0.1, 0.15) is 22.5 Å². The lowest BCUT2D eigenvalue weighted by atomic mass is 10.0. The molecule has 1 aliphatic rings. The molecule has 0 bridgehead atoms. The summed E-state index contributed by atoms with van der Waals surface area (Å²) in [6, 6.07) is 22.8. The number of ether oxygens (including phenoxy) is 2. The first-order chi connectivity index (χ1) is 21.0. The topological polar surface area (TPSA) is 106 Å². The SMILES string of the molecule is COc1ccc(-c2cccc(C(=O)N(C)C)c2)cc1S(=O)(=O)Cc1cc(OC2CCN(C(=O)c3cccc(C)c3)C2)ccn1. The molecule has 0 radical (unpaired) electrons. The summed E-state index contributed by atoms with van der Waals surface area (Å²) in [6.07, 6.45) is 1.97. The van der Waals surface area contributed by atoms with Gasteiger partial charge in [0.15, 0.2) is 9.84 Å². The van der Waals surface area contributed by atoms with Crippen LogP contribution in [0.4, 0.5) is 0 Å². The minimum atomic E-state index is -3.90. The zero-order chi connectivity index (χ0) is 31.4. The van der Waals surface area contributed by atoms with Gasteiger partial charge in [0.25, 0.3) is 11.8 Å². The van der Waals surface area contributed by atoms with Crippen LogP contribution in [-0.2, 0) is 15.6 Å². The molecule has 2 heterocycles. The van der Waals surface area contributed by atoms with E-state index in [-0.39, 0.29) is 34.3 Å². The number of carbonyl (C=O) groups excluding carboxylic acids is 2. The van der Waals surface area contributed by atoms with Crippen LogP contribution in [0.1, 0.15) is 38.4 Å². The first-order valence-electron chi connectivity index (χ1n) is 14.2. The average molecular weight is 614 g/mol. The fourth-order valence-corrected chi connectivity index (χ4v) is 6.70. The summed E-state index contributed by atoms with van der Waals surface area (Å²) in [6.45, 7) is 2.97. The number of methoxy groups -OCH3 is 1. The van der Waals surface area contributed by atoms with Crippen molar-refractivity contribution in [1.29, 1.82) is 0 Å². The van der Waals surface area contributed by atoms with Crippen LogP contribution < -0.4 is 9.47 Å². The number of nitrogens with zero attached hydrogens (tertiary/aromatic N) is 3. The van der Waals surface area contributed by atoms with E-state index in [1.54, 1.807) is 67.5 Å². The second-order valence-electron chi connectivity index (χ2n) is 11.0. The molecule has 0 N–H and O–H groups in total. The zero-order valence-electron chi connectivity index (χ0n) is 25.2. The number of amides is 2. The molecule has 0 aliphatic carbocycles. The van der Waals surface area contributed by atoms with Gasteiger partial charge >= 0.3 is 0 Å². The standard InChI is InChI=1S/C34H35N3O6S/c1-23-7-5-9-26(17-23)34(39)37-16-14-30(21-37)43-29-13-15-35-28(20-29)22-44(40,41)32-19-25(11-12-31(32)42-4)24-8-6-10-27(18-24)33(38)36(2)3/h5-13,15,17-20,30H,14,16,21-22H2,1-4H3. The van der Waals surface area contributed by atoms with E-state index in [1.807, 2.05) is 37.3 Å². The van der Waals surface area contributed by atoms with Crippen LogP contribution in [0.15, 0.2) is 90.0 Å². The molecular formula is C34H35N3O6S. The van der Waals surface area contributed by atoms with Crippen molar-refractivity contribution in [3.63, 3.8) is 0 Å². The molecule has 1 fully saturated rings. The van der Waals surface area contributed by atoms with E-state index >= 15 is 0 Å². The van der Waals surface area contributed by atoms with Crippen molar-refractivity contribution in [1.82, 2.24) is 14.8 Å². The van der Waals surface area contributed by atoms with E-state index in [4.69, 9.17) is 9.47 Å². The second-order valence-corrected chi connectivity index (χ2v) is 13.0. The molecule has 1 aliphatic heterocycles. The predicted octanol–water partition coefficient (Wildman–Crippen LogP) is 5.03. The van der Waals surface area contributed by atoms with Crippen molar-refractivity contribution in [3.8, 4) is 22.6 Å². The van der Waals surface area contributed by atoms with Crippen LogP contribution >= 0.6 is 0 Å². The zero-order valence-corrected chi connectivity index (χ0v) is 26.0. The number of likely N-dealkylation sites (tertiary alicyclic amines) is 1. The molecule has 44 heavy (non-hydrogen) atoms. The molecule has 1 atom stereocenters. The van der Waals surface area contributed by atoms with Gasteiger partial charge in [-0.15, -0.1) is 0 Å². The van der Waals surface area contributed by atoms with Crippen molar-refractivity contribution in [2.75, 3.05) is 34.3 Å². The Morgan fingerprint density at radius 2 is 1.70 bits per heavy atom. The normalized spacial score (nSPS) is 14.7. The summed E-state index contributed by atoms with van der Waals surface area (Å²) in [5.41, 5.74) is 3.83. The second kappa shape index (κ2) is 12.9. The minimum Gasteiger partial charge on any atom is -0.495 e. The van der Waals surface area contributed by atoms with Gasteiger partial charge in [-0.3, -0.25) is 14.6 Å². The van der Waals surface area contributed by atoms with Gasteiger partial charge < -0.3 is 19.3 Å². The summed E-state index contributed by atoms with van der Waals surface area (Å²) in [7, 11) is 0.882. The Hall–Kier alpha value is -4.70. The van der Waals surface area contributed by atoms with E-state index in [1.165, 1.54) is 18.2 Å². The summed E-state index contributed by atoms with van der Waals surface area (Å²) >= 11 is 0. The number of hydrogen-bond acceptors (Lipinski definition) is 7. The molecule has 5 rings (SSSR count). The fourth-order valence-electron chi connectivity index (χ4n) is 5.23. The quantitative estimate of drug-likeness (QED) is 0.261. The maximum absolute atomic E-state index is 13.7. The van der Waals surface area contributed by atoms with Crippen LogP contribution in [0.5, 0.6) is 11.5 Å². The molecular weight excluding hydrogens is 578 g/mol. The first kappa shape index (κ1) is 30.7.